The molecule has 0 aliphatic carbocycles. The van der Waals surface area contributed by atoms with Crippen LogP contribution in [0.1, 0.15) is 36.2 Å². The summed E-state index contributed by atoms with van der Waals surface area (Å²) in [6.45, 7) is 2.73. The maximum atomic E-state index is 12.1. The van der Waals surface area contributed by atoms with Gasteiger partial charge in [-0.05, 0) is 18.9 Å². The summed E-state index contributed by atoms with van der Waals surface area (Å²) in [6, 6.07) is 1.35. The Hall–Kier alpha value is -2.64. The van der Waals surface area contributed by atoms with Gasteiger partial charge >= 0.3 is 5.76 Å². The van der Waals surface area contributed by atoms with Crippen molar-refractivity contribution in [3.05, 3.63) is 28.4 Å². The van der Waals surface area contributed by atoms with Gasteiger partial charge in [0.2, 0.25) is 11.8 Å². The Morgan fingerprint density at radius 3 is 2.64 bits per heavy atom. The molecule has 2 aromatic heterocycles. The number of nitrogens with two attached hydrogens (primary N) is 1. The third-order valence-corrected chi connectivity index (χ3v) is 4.01. The number of carbonyl (C=O) groups excluding carboxylic acids is 2. The molecule has 1 saturated heterocycles. The van der Waals surface area contributed by atoms with Gasteiger partial charge in [-0.25, -0.2) is 9.78 Å². The zero-order valence-electron chi connectivity index (χ0n) is 12.1. The monoisotopic (exact) mass is 304 g/mol. The van der Waals surface area contributed by atoms with Crippen molar-refractivity contribution >= 4 is 23.0 Å². The Kier molecular flexibility index (Phi) is 3.44. The Morgan fingerprint density at radius 1 is 1.36 bits per heavy atom. The molecule has 2 amide bonds. The molecule has 116 valence electrons. The maximum absolute atomic E-state index is 12.1. The molecule has 8 heteroatoms. The fourth-order valence-corrected chi connectivity index (χ4v) is 2.82. The molecule has 0 bridgehead atoms. The van der Waals surface area contributed by atoms with E-state index < -0.39 is 11.7 Å². The minimum atomic E-state index is -0.625. The van der Waals surface area contributed by atoms with Crippen LogP contribution in [-0.2, 0) is 4.79 Å². The van der Waals surface area contributed by atoms with Gasteiger partial charge < -0.3 is 15.1 Å². The molecule has 0 spiro atoms. The van der Waals surface area contributed by atoms with Crippen LogP contribution in [0.15, 0.2) is 21.5 Å². The van der Waals surface area contributed by atoms with Gasteiger partial charge in [0.15, 0.2) is 11.2 Å². The molecular formula is C14H16N4O4. The topological polar surface area (TPSA) is 111 Å². The quantitative estimate of drug-likeness (QED) is 0.856. The lowest BCUT2D eigenvalue weighted by Gasteiger charge is -2.31. The largest absolute Gasteiger partial charge is 0.421 e. The van der Waals surface area contributed by atoms with Crippen molar-refractivity contribution in [2.75, 3.05) is 13.1 Å². The van der Waals surface area contributed by atoms with E-state index in [4.69, 9.17) is 10.2 Å². The van der Waals surface area contributed by atoms with E-state index in [1.54, 1.807) is 4.90 Å². The van der Waals surface area contributed by atoms with Gasteiger partial charge in [0, 0.05) is 32.3 Å². The third-order valence-electron chi connectivity index (χ3n) is 4.01. The molecule has 3 heterocycles. The normalized spacial score (nSPS) is 16.1. The lowest BCUT2D eigenvalue weighted by atomic mass is 10.0. The Morgan fingerprint density at radius 2 is 2.05 bits per heavy atom. The predicted octanol–water partition coefficient (Wildman–Crippen LogP) is 0.272. The fraction of sp³-hybridized carbons (Fsp3) is 0.429. The molecule has 3 rings (SSSR count). The number of piperidine rings is 1. The van der Waals surface area contributed by atoms with Crippen molar-refractivity contribution in [2.45, 2.75) is 25.8 Å². The number of amides is 2. The summed E-state index contributed by atoms with van der Waals surface area (Å²) in [5, 5.41) is 0. The Balaban J connectivity index is 1.95. The van der Waals surface area contributed by atoms with E-state index in [1.807, 2.05) is 0 Å². The van der Waals surface area contributed by atoms with Gasteiger partial charge in [0.05, 0.1) is 5.56 Å². The summed E-state index contributed by atoms with van der Waals surface area (Å²) in [6.07, 6.45) is 2.65. The zero-order chi connectivity index (χ0) is 15.9. The second kappa shape index (κ2) is 5.28. The summed E-state index contributed by atoms with van der Waals surface area (Å²) in [4.78, 5) is 40.5. The van der Waals surface area contributed by atoms with Crippen molar-refractivity contribution < 1.29 is 14.0 Å². The molecule has 22 heavy (non-hydrogen) atoms. The highest BCUT2D eigenvalue weighted by Crippen LogP contribution is 2.25. The van der Waals surface area contributed by atoms with Crippen LogP contribution in [0.5, 0.6) is 0 Å². The van der Waals surface area contributed by atoms with Crippen LogP contribution in [0.3, 0.4) is 0 Å². The first-order valence-electron chi connectivity index (χ1n) is 7.04. The number of likely N-dealkylation sites (tertiary alicyclic amines) is 1. The van der Waals surface area contributed by atoms with Crippen molar-refractivity contribution in [2.24, 2.45) is 5.73 Å². The number of hydrogen-bond donors (Lipinski definition) is 1. The van der Waals surface area contributed by atoms with Gasteiger partial charge in [-0.15, -0.1) is 0 Å². The molecule has 0 radical (unpaired) electrons. The van der Waals surface area contributed by atoms with Crippen LogP contribution in [0.4, 0.5) is 0 Å². The minimum Gasteiger partial charge on any atom is -0.406 e. The molecule has 1 aliphatic rings. The molecule has 2 aromatic rings. The zero-order valence-corrected chi connectivity index (χ0v) is 12.1. The minimum absolute atomic E-state index is 0.0343. The van der Waals surface area contributed by atoms with Crippen LogP contribution in [0.25, 0.3) is 11.2 Å². The van der Waals surface area contributed by atoms with Crippen LogP contribution in [0, 0.1) is 0 Å². The number of primary amides is 1. The average molecular weight is 304 g/mol. The number of nitrogens with zero attached hydrogens (tertiary/aromatic N) is 3. The molecule has 2 N–H and O–H groups in total. The summed E-state index contributed by atoms with van der Waals surface area (Å²) in [5.41, 5.74) is 6.03. The Labute approximate surface area is 125 Å². The molecule has 0 atom stereocenters. The van der Waals surface area contributed by atoms with Crippen LogP contribution in [-0.4, -0.2) is 39.4 Å². The number of oxazole rings is 1. The predicted molar refractivity (Wildman–Crippen MR) is 77.3 cm³/mol. The van der Waals surface area contributed by atoms with E-state index in [1.165, 1.54) is 23.8 Å². The second-order valence-electron chi connectivity index (χ2n) is 5.39. The van der Waals surface area contributed by atoms with E-state index in [0.29, 0.717) is 31.6 Å². The van der Waals surface area contributed by atoms with Crippen molar-refractivity contribution in [1.29, 1.82) is 0 Å². The standard InChI is InChI=1S/C14H16N4O4/c1-8(19)17-4-2-10(3-5-17)18-13-11(22-14(18)21)6-9(7-16-13)12(15)20/h6-7,10H,2-5H2,1H3,(H2,15,20). The van der Waals surface area contributed by atoms with Crippen molar-refractivity contribution in [3.8, 4) is 0 Å². The number of carbonyl (C=O) groups is 2. The van der Waals surface area contributed by atoms with Gasteiger partial charge in [-0.3, -0.25) is 14.2 Å². The molecule has 0 saturated carbocycles. The van der Waals surface area contributed by atoms with E-state index >= 15 is 0 Å². The van der Waals surface area contributed by atoms with Crippen LogP contribution < -0.4 is 11.5 Å². The third kappa shape index (κ3) is 2.36. The summed E-state index contributed by atoms with van der Waals surface area (Å²) in [7, 11) is 0. The molecule has 1 fully saturated rings. The number of aromatic nitrogens is 2. The second-order valence-corrected chi connectivity index (χ2v) is 5.39. The molecule has 0 aromatic carbocycles. The van der Waals surface area contributed by atoms with Crippen LogP contribution in [0.2, 0.25) is 0 Å². The average Bonchev–Trinajstić information content (AvgIpc) is 2.82. The smallest absolute Gasteiger partial charge is 0.406 e. The fourth-order valence-electron chi connectivity index (χ4n) is 2.82. The molecular weight excluding hydrogens is 288 g/mol. The van der Waals surface area contributed by atoms with Crippen molar-refractivity contribution in [3.63, 3.8) is 0 Å². The summed E-state index contributed by atoms with van der Waals surface area (Å²) < 4.78 is 6.67. The van der Waals surface area contributed by atoms with E-state index in [0.717, 1.165) is 0 Å². The molecule has 0 unspecified atom stereocenters. The number of pyridine rings is 1. The maximum Gasteiger partial charge on any atom is 0.421 e. The van der Waals surface area contributed by atoms with E-state index in [-0.39, 0.29) is 23.1 Å². The number of fused-ring (bicyclic) bond motifs is 1. The van der Waals surface area contributed by atoms with Gasteiger partial charge in [0.25, 0.3) is 0 Å². The molecule has 1 aliphatic heterocycles. The first-order chi connectivity index (χ1) is 10.5. The van der Waals surface area contributed by atoms with Crippen molar-refractivity contribution in [1.82, 2.24) is 14.5 Å². The van der Waals surface area contributed by atoms with E-state index in [2.05, 4.69) is 4.98 Å². The number of hydrogen-bond acceptors (Lipinski definition) is 5. The summed E-state index contributed by atoms with van der Waals surface area (Å²) >= 11 is 0. The van der Waals surface area contributed by atoms with Gasteiger partial charge in [0.1, 0.15) is 0 Å². The highest BCUT2D eigenvalue weighted by molar-refractivity contribution is 5.94. The summed E-state index contributed by atoms with van der Waals surface area (Å²) in [5.74, 6) is -1.10. The molecule has 8 nitrogen and oxygen atoms in total. The van der Waals surface area contributed by atoms with Crippen LogP contribution >= 0.6 is 0 Å². The van der Waals surface area contributed by atoms with Gasteiger partial charge in [-0.1, -0.05) is 0 Å². The highest BCUT2D eigenvalue weighted by Gasteiger charge is 2.26. The SMILES string of the molecule is CC(=O)N1CCC(n2c(=O)oc3cc(C(N)=O)cnc32)CC1. The number of rotatable bonds is 2. The lowest BCUT2D eigenvalue weighted by molar-refractivity contribution is -0.130. The lowest BCUT2D eigenvalue weighted by Crippen LogP contribution is -2.39. The Bertz CT molecular complexity index is 799. The first-order valence-corrected chi connectivity index (χ1v) is 7.04. The van der Waals surface area contributed by atoms with E-state index in [9.17, 15) is 14.4 Å². The van der Waals surface area contributed by atoms with Gasteiger partial charge in [-0.2, -0.15) is 0 Å². The highest BCUT2D eigenvalue weighted by atomic mass is 16.4. The first kappa shape index (κ1) is 14.3.